The molecule has 0 aliphatic carbocycles. The van der Waals surface area contributed by atoms with E-state index in [1.165, 1.54) is 12.1 Å². The Morgan fingerprint density at radius 2 is 2.12 bits per heavy atom. The van der Waals surface area contributed by atoms with Gasteiger partial charge in [-0.3, -0.25) is 9.59 Å². The smallest absolute Gasteiger partial charge is 0.310 e. The minimum atomic E-state index is -0.480. The Morgan fingerprint density at radius 1 is 1.40 bits per heavy atom. The van der Waals surface area contributed by atoms with Gasteiger partial charge in [0.2, 0.25) is 5.91 Å². The minimum Gasteiger partial charge on any atom is -0.464 e. The average Bonchev–Trinajstić information content (AvgIpc) is 2.65. The van der Waals surface area contributed by atoms with E-state index in [1.807, 2.05) is 0 Å². The van der Waals surface area contributed by atoms with Crippen LogP contribution < -0.4 is 0 Å². The van der Waals surface area contributed by atoms with Crippen LogP contribution in [0.25, 0.3) is 0 Å². The van der Waals surface area contributed by atoms with Crippen molar-refractivity contribution < 1.29 is 18.7 Å². The Labute approximate surface area is 147 Å². The molecular weight excluding hydrogens is 323 g/mol. The van der Waals surface area contributed by atoms with Crippen molar-refractivity contribution in [1.82, 2.24) is 4.90 Å². The van der Waals surface area contributed by atoms with Crippen LogP contribution >= 0.6 is 0 Å². The molecule has 0 bridgehead atoms. The first-order valence-electron chi connectivity index (χ1n) is 8.62. The molecule has 25 heavy (non-hydrogen) atoms. The molecule has 5 nitrogen and oxygen atoms in total. The van der Waals surface area contributed by atoms with E-state index in [9.17, 15) is 19.2 Å². The zero-order chi connectivity index (χ0) is 18.2. The minimum absolute atomic E-state index is 0.00489. The molecule has 1 aliphatic rings. The van der Waals surface area contributed by atoms with Gasteiger partial charge in [0.1, 0.15) is 12.4 Å². The number of likely N-dealkylation sites (tertiary alicyclic amines) is 1. The lowest BCUT2D eigenvalue weighted by atomic mass is 9.97. The van der Waals surface area contributed by atoms with Gasteiger partial charge in [-0.15, -0.1) is 0 Å². The lowest BCUT2D eigenvalue weighted by Crippen LogP contribution is -2.42. The number of halogens is 1. The standard InChI is InChI=1S/C19H23FN2O3/c1-2-18(23)22-9-3-4-16(12-22)19(24)25-13-15(11-21)10-14-5-7-17(20)8-6-14/h5-8,15-16H,2-4,9-10,12-13H2,1H3/t15-,16-/m1/s1. The van der Waals surface area contributed by atoms with Crippen LogP contribution in [0, 0.1) is 29.0 Å². The quantitative estimate of drug-likeness (QED) is 0.743. The topological polar surface area (TPSA) is 70.4 Å². The molecule has 0 saturated carbocycles. The van der Waals surface area contributed by atoms with Crippen LogP contribution in [0.15, 0.2) is 24.3 Å². The highest BCUT2D eigenvalue weighted by Gasteiger charge is 2.29. The SMILES string of the molecule is CCC(=O)N1CCC[C@@H](C(=O)OC[C@@H](C#N)Cc2ccc(F)cc2)C1. The van der Waals surface area contributed by atoms with E-state index in [0.717, 1.165) is 12.0 Å². The van der Waals surface area contributed by atoms with Crippen LogP contribution in [0.2, 0.25) is 0 Å². The molecule has 0 aromatic heterocycles. The third-order valence-corrected chi connectivity index (χ3v) is 4.41. The number of esters is 1. The van der Waals surface area contributed by atoms with Crippen molar-refractivity contribution >= 4 is 11.9 Å². The molecule has 1 saturated heterocycles. The number of amides is 1. The zero-order valence-electron chi connectivity index (χ0n) is 14.4. The predicted molar refractivity (Wildman–Crippen MR) is 89.8 cm³/mol. The number of piperidine rings is 1. The Morgan fingerprint density at radius 3 is 2.76 bits per heavy atom. The van der Waals surface area contributed by atoms with Crippen LogP contribution in [0.4, 0.5) is 4.39 Å². The number of benzene rings is 1. The normalized spacial score (nSPS) is 18.3. The van der Waals surface area contributed by atoms with Crippen molar-refractivity contribution in [2.45, 2.75) is 32.6 Å². The molecule has 0 N–H and O–H groups in total. The van der Waals surface area contributed by atoms with E-state index < -0.39 is 5.92 Å². The van der Waals surface area contributed by atoms with Crippen LogP contribution in [0.3, 0.4) is 0 Å². The second kappa shape index (κ2) is 9.16. The van der Waals surface area contributed by atoms with Gasteiger partial charge < -0.3 is 9.64 Å². The van der Waals surface area contributed by atoms with Crippen molar-refractivity contribution in [3.63, 3.8) is 0 Å². The lowest BCUT2D eigenvalue weighted by molar-refractivity contribution is -0.152. The fourth-order valence-electron chi connectivity index (χ4n) is 2.97. The highest BCUT2D eigenvalue weighted by atomic mass is 19.1. The van der Waals surface area contributed by atoms with E-state index in [2.05, 4.69) is 6.07 Å². The monoisotopic (exact) mass is 346 g/mol. The summed E-state index contributed by atoms with van der Waals surface area (Å²) in [4.78, 5) is 25.7. The maximum atomic E-state index is 12.9. The number of nitriles is 1. The lowest BCUT2D eigenvalue weighted by Gasteiger charge is -2.31. The maximum absolute atomic E-state index is 12.9. The highest BCUT2D eigenvalue weighted by Crippen LogP contribution is 2.19. The number of nitrogens with zero attached hydrogens (tertiary/aromatic N) is 2. The summed E-state index contributed by atoms with van der Waals surface area (Å²) in [5, 5.41) is 9.24. The van der Waals surface area contributed by atoms with Gasteiger partial charge >= 0.3 is 5.97 Å². The van der Waals surface area contributed by atoms with Gasteiger partial charge in [-0.2, -0.15) is 5.26 Å². The van der Waals surface area contributed by atoms with E-state index in [1.54, 1.807) is 24.0 Å². The molecule has 134 valence electrons. The number of rotatable bonds is 6. The van der Waals surface area contributed by atoms with Crippen molar-refractivity contribution in [3.8, 4) is 6.07 Å². The van der Waals surface area contributed by atoms with Gasteiger partial charge in [0, 0.05) is 19.5 Å². The molecule has 0 spiro atoms. The molecule has 6 heteroatoms. The molecule has 2 atom stereocenters. The fraction of sp³-hybridized carbons (Fsp3) is 0.526. The molecule has 2 rings (SSSR count). The summed E-state index contributed by atoms with van der Waals surface area (Å²) in [6.07, 6.45) is 2.30. The molecule has 0 radical (unpaired) electrons. The molecule has 1 heterocycles. The molecule has 1 amide bonds. The van der Waals surface area contributed by atoms with Crippen molar-refractivity contribution in [2.24, 2.45) is 11.8 Å². The number of ether oxygens (including phenoxy) is 1. The van der Waals surface area contributed by atoms with Crippen molar-refractivity contribution in [3.05, 3.63) is 35.6 Å². The molecule has 1 aromatic carbocycles. The summed E-state index contributed by atoms with van der Waals surface area (Å²) < 4.78 is 18.2. The van der Waals surface area contributed by atoms with Gasteiger partial charge in [0.15, 0.2) is 0 Å². The first-order chi connectivity index (χ1) is 12.0. The fourth-order valence-corrected chi connectivity index (χ4v) is 2.97. The van der Waals surface area contributed by atoms with E-state index in [0.29, 0.717) is 32.4 Å². The van der Waals surface area contributed by atoms with Crippen molar-refractivity contribution in [2.75, 3.05) is 19.7 Å². The second-order valence-corrected chi connectivity index (χ2v) is 6.32. The Hall–Kier alpha value is -2.42. The van der Waals surface area contributed by atoms with Crippen LogP contribution in [-0.4, -0.2) is 36.5 Å². The molecular formula is C19H23FN2O3. The highest BCUT2D eigenvalue weighted by molar-refractivity contribution is 5.78. The molecule has 0 unspecified atom stereocenters. The molecule has 1 fully saturated rings. The predicted octanol–water partition coefficient (Wildman–Crippen LogP) is 2.70. The summed E-state index contributed by atoms with van der Waals surface area (Å²) in [6.45, 7) is 2.88. The number of hydrogen-bond acceptors (Lipinski definition) is 4. The number of carbonyl (C=O) groups is 2. The largest absolute Gasteiger partial charge is 0.464 e. The van der Waals surface area contributed by atoms with Crippen LogP contribution in [0.5, 0.6) is 0 Å². The van der Waals surface area contributed by atoms with Gasteiger partial charge in [-0.25, -0.2) is 4.39 Å². The first-order valence-corrected chi connectivity index (χ1v) is 8.62. The van der Waals surface area contributed by atoms with Gasteiger partial charge in [0.25, 0.3) is 0 Å². The third kappa shape index (κ3) is 5.56. The second-order valence-electron chi connectivity index (χ2n) is 6.32. The first kappa shape index (κ1) is 18.9. The molecule has 1 aliphatic heterocycles. The number of hydrogen-bond donors (Lipinski definition) is 0. The van der Waals surface area contributed by atoms with Gasteiger partial charge in [-0.05, 0) is 37.0 Å². The Kier molecular flexibility index (Phi) is 6.93. The van der Waals surface area contributed by atoms with Gasteiger partial charge in [0.05, 0.1) is 17.9 Å². The van der Waals surface area contributed by atoms with Crippen LogP contribution in [-0.2, 0) is 20.7 Å². The van der Waals surface area contributed by atoms with E-state index in [-0.39, 0.29) is 30.2 Å². The van der Waals surface area contributed by atoms with Crippen LogP contribution in [0.1, 0.15) is 31.7 Å². The maximum Gasteiger partial charge on any atom is 0.310 e. The average molecular weight is 346 g/mol. The summed E-state index contributed by atoms with van der Waals surface area (Å²) >= 11 is 0. The molecule has 1 aromatic rings. The summed E-state index contributed by atoms with van der Waals surface area (Å²) in [7, 11) is 0. The summed E-state index contributed by atoms with van der Waals surface area (Å²) in [6, 6.07) is 8.06. The van der Waals surface area contributed by atoms with Crippen molar-refractivity contribution in [1.29, 1.82) is 5.26 Å². The van der Waals surface area contributed by atoms with E-state index in [4.69, 9.17) is 4.74 Å². The third-order valence-electron chi connectivity index (χ3n) is 4.41. The van der Waals surface area contributed by atoms with Gasteiger partial charge in [-0.1, -0.05) is 19.1 Å². The zero-order valence-corrected chi connectivity index (χ0v) is 14.4. The summed E-state index contributed by atoms with van der Waals surface area (Å²) in [5.41, 5.74) is 0.821. The summed E-state index contributed by atoms with van der Waals surface area (Å²) in [5.74, 6) is -1.44. The van der Waals surface area contributed by atoms with E-state index >= 15 is 0 Å². The Bertz CT molecular complexity index is 639. The Balaban J connectivity index is 1.84. The number of carbonyl (C=O) groups excluding carboxylic acids is 2.